The minimum absolute atomic E-state index is 0.598. The fourth-order valence-corrected chi connectivity index (χ4v) is 4.71. The van der Waals surface area contributed by atoms with Crippen LogP contribution in [0.15, 0.2) is 24.3 Å². The van der Waals surface area contributed by atoms with E-state index in [1.165, 1.54) is 41.8 Å². The van der Waals surface area contributed by atoms with Crippen LogP contribution in [-0.4, -0.2) is 49.3 Å². The largest absolute Gasteiger partial charge is 0.378 e. The number of benzene rings is 1. The van der Waals surface area contributed by atoms with Crippen LogP contribution in [0.25, 0.3) is 10.9 Å². The molecule has 3 heterocycles. The Hall–Kier alpha value is -1.65. The van der Waals surface area contributed by atoms with Crippen molar-refractivity contribution in [3.05, 3.63) is 35.4 Å². The molecule has 0 spiro atoms. The lowest BCUT2D eigenvalue weighted by molar-refractivity contribution is 0.122. The van der Waals surface area contributed by atoms with Gasteiger partial charge in [0.1, 0.15) is 5.82 Å². The van der Waals surface area contributed by atoms with E-state index >= 15 is 0 Å². The maximum atomic E-state index is 5.55. The first-order valence-corrected chi connectivity index (χ1v) is 9.56. The summed E-state index contributed by atoms with van der Waals surface area (Å²) < 4.78 is 5.55. The van der Waals surface area contributed by atoms with Gasteiger partial charge in [-0.3, -0.25) is 4.90 Å². The molecule has 4 heteroatoms. The lowest BCUT2D eigenvalue weighted by Gasteiger charge is -2.31. The van der Waals surface area contributed by atoms with Gasteiger partial charge in [0.15, 0.2) is 0 Å². The molecular formula is C21H27N3O. The van der Waals surface area contributed by atoms with E-state index in [0.717, 1.165) is 44.3 Å². The Kier molecular flexibility index (Phi) is 3.54. The van der Waals surface area contributed by atoms with E-state index in [-0.39, 0.29) is 0 Å². The maximum Gasteiger partial charge on any atom is 0.133 e. The molecule has 3 fully saturated rings. The van der Waals surface area contributed by atoms with E-state index in [2.05, 4.69) is 47.9 Å². The van der Waals surface area contributed by atoms with Crippen LogP contribution < -0.4 is 4.90 Å². The van der Waals surface area contributed by atoms with Crippen molar-refractivity contribution < 1.29 is 4.74 Å². The number of morpholine rings is 1. The van der Waals surface area contributed by atoms with Gasteiger partial charge in [0.25, 0.3) is 0 Å². The molecule has 0 bridgehead atoms. The van der Waals surface area contributed by atoms with Crippen LogP contribution >= 0.6 is 0 Å². The van der Waals surface area contributed by atoms with Crippen molar-refractivity contribution >= 4 is 16.7 Å². The summed E-state index contributed by atoms with van der Waals surface area (Å²) in [6, 6.07) is 8.98. The Balaban J connectivity index is 1.51. The second-order valence-electron chi connectivity index (χ2n) is 8.49. The van der Waals surface area contributed by atoms with Crippen molar-refractivity contribution in [3.63, 3.8) is 0 Å². The minimum Gasteiger partial charge on any atom is -0.378 e. The number of aryl methyl sites for hydroxylation is 1. The average Bonchev–Trinajstić information content (AvgIpc) is 3.13. The van der Waals surface area contributed by atoms with Crippen LogP contribution in [0, 0.1) is 18.3 Å². The van der Waals surface area contributed by atoms with E-state index in [1.807, 2.05) is 0 Å². The number of anilines is 1. The summed E-state index contributed by atoms with van der Waals surface area (Å²) in [5.41, 5.74) is 4.36. The molecule has 5 rings (SSSR count). The summed E-state index contributed by atoms with van der Waals surface area (Å²) in [6.45, 7) is 11.6. The smallest absolute Gasteiger partial charge is 0.133 e. The van der Waals surface area contributed by atoms with E-state index in [4.69, 9.17) is 9.72 Å². The van der Waals surface area contributed by atoms with E-state index in [0.29, 0.717) is 5.41 Å². The molecule has 0 radical (unpaired) electrons. The molecule has 2 atom stereocenters. The Morgan fingerprint density at radius 2 is 2.08 bits per heavy atom. The van der Waals surface area contributed by atoms with Gasteiger partial charge in [0.2, 0.25) is 0 Å². The van der Waals surface area contributed by atoms with Gasteiger partial charge in [-0.2, -0.15) is 0 Å². The highest BCUT2D eigenvalue weighted by molar-refractivity contribution is 5.82. The first kappa shape index (κ1) is 15.6. The number of nitrogens with zero attached hydrogens (tertiary/aromatic N) is 3. The highest BCUT2D eigenvalue weighted by Crippen LogP contribution is 2.57. The molecule has 0 amide bonds. The SMILES string of the molecule is Cc1ccc2cc(CN3CC4CC4(C)C3)c(N3CCOCC3)nc2c1. The summed E-state index contributed by atoms with van der Waals surface area (Å²) >= 11 is 0. The molecule has 2 saturated heterocycles. The Morgan fingerprint density at radius 1 is 1.24 bits per heavy atom. The van der Waals surface area contributed by atoms with Crippen molar-refractivity contribution in [2.24, 2.45) is 11.3 Å². The van der Waals surface area contributed by atoms with E-state index in [9.17, 15) is 0 Å². The van der Waals surface area contributed by atoms with Crippen LogP contribution in [-0.2, 0) is 11.3 Å². The predicted molar refractivity (Wildman–Crippen MR) is 101 cm³/mol. The zero-order valence-corrected chi connectivity index (χ0v) is 15.3. The molecule has 1 aliphatic carbocycles. The van der Waals surface area contributed by atoms with Gasteiger partial charge in [-0.1, -0.05) is 19.1 Å². The van der Waals surface area contributed by atoms with Crippen LogP contribution in [0.1, 0.15) is 24.5 Å². The number of fused-ring (bicyclic) bond motifs is 2. The van der Waals surface area contributed by atoms with Gasteiger partial charge in [0, 0.05) is 43.7 Å². The third kappa shape index (κ3) is 2.81. The van der Waals surface area contributed by atoms with E-state index < -0.39 is 0 Å². The Morgan fingerprint density at radius 3 is 2.84 bits per heavy atom. The quantitative estimate of drug-likeness (QED) is 0.860. The number of aromatic nitrogens is 1. The highest BCUT2D eigenvalue weighted by Gasteiger charge is 2.55. The van der Waals surface area contributed by atoms with Gasteiger partial charge in [0.05, 0.1) is 18.7 Å². The monoisotopic (exact) mass is 337 g/mol. The van der Waals surface area contributed by atoms with Gasteiger partial charge < -0.3 is 9.64 Å². The van der Waals surface area contributed by atoms with Crippen LogP contribution in [0.5, 0.6) is 0 Å². The van der Waals surface area contributed by atoms with Crippen molar-refractivity contribution in [1.82, 2.24) is 9.88 Å². The van der Waals surface area contributed by atoms with Crippen molar-refractivity contribution in [3.8, 4) is 0 Å². The third-order valence-corrected chi connectivity index (χ3v) is 6.34. The van der Waals surface area contributed by atoms with Gasteiger partial charge in [-0.05, 0) is 42.4 Å². The minimum atomic E-state index is 0.598. The lowest BCUT2D eigenvalue weighted by atomic mass is 10.1. The average molecular weight is 337 g/mol. The number of piperidine rings is 1. The molecule has 25 heavy (non-hydrogen) atoms. The summed E-state index contributed by atoms with van der Waals surface area (Å²) in [4.78, 5) is 10.1. The van der Waals surface area contributed by atoms with Crippen molar-refractivity contribution in [2.45, 2.75) is 26.8 Å². The molecule has 0 N–H and O–H groups in total. The first-order chi connectivity index (χ1) is 12.1. The molecular weight excluding hydrogens is 310 g/mol. The molecule has 2 unspecified atom stereocenters. The molecule has 1 aromatic heterocycles. The molecule has 3 aliphatic rings. The number of hydrogen-bond donors (Lipinski definition) is 0. The van der Waals surface area contributed by atoms with Gasteiger partial charge >= 0.3 is 0 Å². The maximum absolute atomic E-state index is 5.55. The lowest BCUT2D eigenvalue weighted by Crippen LogP contribution is -2.38. The first-order valence-electron chi connectivity index (χ1n) is 9.56. The summed E-state index contributed by atoms with van der Waals surface area (Å²) in [5, 5.41) is 1.26. The standard InChI is InChI=1S/C21H27N3O/c1-15-3-4-16-10-17(12-23-13-18-11-21(18,2)14-23)20(22-19(16)9-15)24-5-7-25-8-6-24/h3-4,9-10,18H,5-8,11-14H2,1-2H3. The van der Waals surface area contributed by atoms with E-state index in [1.54, 1.807) is 0 Å². The fraction of sp³-hybridized carbons (Fsp3) is 0.571. The molecule has 2 aliphatic heterocycles. The zero-order valence-electron chi connectivity index (χ0n) is 15.3. The topological polar surface area (TPSA) is 28.6 Å². The second kappa shape index (κ2) is 5.68. The van der Waals surface area contributed by atoms with Crippen molar-refractivity contribution in [1.29, 1.82) is 0 Å². The second-order valence-corrected chi connectivity index (χ2v) is 8.49. The van der Waals surface area contributed by atoms with Crippen LogP contribution in [0.2, 0.25) is 0 Å². The number of likely N-dealkylation sites (tertiary alicyclic amines) is 1. The number of rotatable bonds is 3. The molecule has 1 aromatic carbocycles. The fourth-order valence-electron chi connectivity index (χ4n) is 4.71. The molecule has 4 nitrogen and oxygen atoms in total. The highest BCUT2D eigenvalue weighted by atomic mass is 16.5. The van der Waals surface area contributed by atoms with Crippen LogP contribution in [0.4, 0.5) is 5.82 Å². The van der Waals surface area contributed by atoms with Crippen molar-refractivity contribution in [2.75, 3.05) is 44.3 Å². The normalized spacial score (nSPS) is 29.2. The third-order valence-electron chi connectivity index (χ3n) is 6.34. The molecule has 1 saturated carbocycles. The zero-order chi connectivity index (χ0) is 17.0. The summed E-state index contributed by atoms with van der Waals surface area (Å²) in [6.07, 6.45) is 1.43. The number of hydrogen-bond acceptors (Lipinski definition) is 4. The molecule has 2 aromatic rings. The summed E-state index contributed by atoms with van der Waals surface area (Å²) in [7, 11) is 0. The number of pyridine rings is 1. The Bertz CT molecular complexity index is 814. The molecule has 132 valence electrons. The van der Waals surface area contributed by atoms with Gasteiger partial charge in [-0.15, -0.1) is 0 Å². The van der Waals surface area contributed by atoms with Gasteiger partial charge in [-0.25, -0.2) is 4.98 Å². The predicted octanol–water partition coefficient (Wildman–Crippen LogP) is 3.22. The number of ether oxygens (including phenoxy) is 1. The summed E-state index contributed by atoms with van der Waals surface area (Å²) in [5.74, 6) is 2.10. The Labute approximate surface area is 149 Å². The van der Waals surface area contributed by atoms with Crippen LogP contribution in [0.3, 0.4) is 0 Å².